The zero-order valence-electron chi connectivity index (χ0n) is 13.8. The first-order chi connectivity index (χ1) is 10.4. The third-order valence-corrected chi connectivity index (χ3v) is 3.54. The first-order valence-electron chi connectivity index (χ1n) is 7.74. The van der Waals surface area contributed by atoms with Gasteiger partial charge in [0.2, 0.25) is 0 Å². The molecule has 1 aromatic carbocycles. The highest BCUT2D eigenvalue weighted by molar-refractivity contribution is 5.96. The molecule has 0 radical (unpaired) electrons. The standard InChI is InChI=1S/C16H26N3O3/c1-5-18(6-2)16(20)13-7-8-14(15(11-13)19(21)22)17-10-9-12(3)4/h7-8,11-12,17,21H,5-6,9-10H2,1-4H3/q-1. The summed E-state index contributed by atoms with van der Waals surface area (Å²) in [4.78, 5) is 14.0. The van der Waals surface area contributed by atoms with Crippen LogP contribution in [-0.4, -0.2) is 35.6 Å². The maximum absolute atomic E-state index is 12.3. The van der Waals surface area contributed by atoms with Crippen molar-refractivity contribution in [1.82, 2.24) is 4.90 Å². The molecule has 0 fully saturated rings. The fourth-order valence-electron chi connectivity index (χ4n) is 2.16. The summed E-state index contributed by atoms with van der Waals surface area (Å²) >= 11 is 0. The van der Waals surface area contributed by atoms with E-state index < -0.39 is 0 Å². The topological polar surface area (TPSA) is 78.9 Å². The largest absolute Gasteiger partial charge is 0.733 e. The van der Waals surface area contributed by atoms with Gasteiger partial charge in [0, 0.05) is 25.2 Å². The summed E-state index contributed by atoms with van der Waals surface area (Å²) in [6.45, 7) is 9.91. The molecule has 6 nitrogen and oxygen atoms in total. The summed E-state index contributed by atoms with van der Waals surface area (Å²) in [7, 11) is 0. The van der Waals surface area contributed by atoms with Gasteiger partial charge in [-0.25, -0.2) is 0 Å². The quantitative estimate of drug-likeness (QED) is 0.720. The molecule has 0 unspecified atom stereocenters. The van der Waals surface area contributed by atoms with Gasteiger partial charge in [-0.3, -0.25) is 10.0 Å². The Labute approximate surface area is 132 Å². The minimum atomic E-state index is -0.198. The zero-order valence-corrected chi connectivity index (χ0v) is 13.8. The average Bonchev–Trinajstić information content (AvgIpc) is 2.48. The fourth-order valence-corrected chi connectivity index (χ4v) is 2.16. The van der Waals surface area contributed by atoms with Crippen LogP contribution in [0.2, 0.25) is 0 Å². The smallest absolute Gasteiger partial charge is 0.253 e. The van der Waals surface area contributed by atoms with Crippen LogP contribution in [0.3, 0.4) is 0 Å². The number of hydrogen-bond donors (Lipinski definition) is 2. The number of nitrogens with zero attached hydrogens (tertiary/aromatic N) is 2. The lowest BCUT2D eigenvalue weighted by Crippen LogP contribution is -2.30. The van der Waals surface area contributed by atoms with Crippen molar-refractivity contribution < 1.29 is 10.0 Å². The van der Waals surface area contributed by atoms with E-state index in [4.69, 9.17) is 0 Å². The first-order valence-corrected chi connectivity index (χ1v) is 7.74. The third-order valence-electron chi connectivity index (χ3n) is 3.54. The molecular formula is C16H26N3O3-. The second kappa shape index (κ2) is 8.60. The molecule has 2 N–H and O–H groups in total. The lowest BCUT2D eigenvalue weighted by atomic mass is 10.1. The minimum Gasteiger partial charge on any atom is -0.733 e. The highest BCUT2D eigenvalue weighted by atomic mass is 16.8. The van der Waals surface area contributed by atoms with Gasteiger partial charge in [0.1, 0.15) is 0 Å². The van der Waals surface area contributed by atoms with E-state index in [9.17, 15) is 15.2 Å². The van der Waals surface area contributed by atoms with Crippen LogP contribution in [0.15, 0.2) is 18.2 Å². The molecule has 1 aromatic rings. The van der Waals surface area contributed by atoms with Crippen molar-refractivity contribution in [3.63, 3.8) is 0 Å². The third kappa shape index (κ3) is 4.89. The number of rotatable bonds is 8. The lowest BCUT2D eigenvalue weighted by Gasteiger charge is -2.26. The highest BCUT2D eigenvalue weighted by Gasteiger charge is 2.15. The molecule has 0 aliphatic heterocycles. The predicted molar refractivity (Wildman–Crippen MR) is 89.3 cm³/mol. The van der Waals surface area contributed by atoms with E-state index in [0.29, 0.717) is 36.8 Å². The summed E-state index contributed by atoms with van der Waals surface area (Å²) in [6, 6.07) is 4.75. The van der Waals surface area contributed by atoms with Crippen LogP contribution in [0, 0.1) is 11.1 Å². The molecule has 1 rings (SSSR count). The Morgan fingerprint density at radius 1 is 1.32 bits per heavy atom. The summed E-state index contributed by atoms with van der Waals surface area (Å²) in [5.74, 6) is 0.388. The molecule has 22 heavy (non-hydrogen) atoms. The second-order valence-electron chi connectivity index (χ2n) is 5.59. The molecule has 0 saturated heterocycles. The van der Waals surface area contributed by atoms with E-state index in [2.05, 4.69) is 19.2 Å². The molecule has 0 aliphatic carbocycles. The number of hydrogen-bond acceptors (Lipinski definition) is 5. The normalized spacial score (nSPS) is 10.7. The van der Waals surface area contributed by atoms with Crippen LogP contribution in [0.25, 0.3) is 0 Å². The number of benzene rings is 1. The number of carbonyl (C=O) groups excluding carboxylic acids is 1. The van der Waals surface area contributed by atoms with Crippen LogP contribution in [0.5, 0.6) is 0 Å². The van der Waals surface area contributed by atoms with Crippen molar-refractivity contribution in [2.45, 2.75) is 34.1 Å². The zero-order chi connectivity index (χ0) is 16.7. The van der Waals surface area contributed by atoms with Crippen molar-refractivity contribution >= 4 is 17.3 Å². The Hall–Kier alpha value is -1.79. The van der Waals surface area contributed by atoms with Crippen molar-refractivity contribution in [2.24, 2.45) is 5.92 Å². The lowest BCUT2D eigenvalue weighted by molar-refractivity contribution is 0.0773. The SMILES string of the molecule is CCN(CC)C(=O)c1ccc(NCCC(C)C)c(N([O-])O)c1. The summed E-state index contributed by atoms with van der Waals surface area (Å²) in [6.07, 6.45) is 0.948. The maximum atomic E-state index is 12.3. The van der Waals surface area contributed by atoms with E-state index >= 15 is 0 Å². The number of amides is 1. The van der Waals surface area contributed by atoms with Gasteiger partial charge in [-0.1, -0.05) is 13.8 Å². The van der Waals surface area contributed by atoms with E-state index in [1.54, 1.807) is 17.0 Å². The molecule has 0 aliphatic rings. The van der Waals surface area contributed by atoms with Crippen molar-refractivity contribution in [3.05, 3.63) is 29.0 Å². The number of carbonyl (C=O) groups is 1. The second-order valence-corrected chi connectivity index (χ2v) is 5.59. The van der Waals surface area contributed by atoms with Gasteiger partial charge >= 0.3 is 0 Å². The Morgan fingerprint density at radius 2 is 1.95 bits per heavy atom. The molecule has 124 valence electrons. The van der Waals surface area contributed by atoms with Gasteiger partial charge in [-0.15, -0.1) is 0 Å². The summed E-state index contributed by atoms with van der Waals surface area (Å²) < 4.78 is 0. The van der Waals surface area contributed by atoms with Gasteiger partial charge in [0.25, 0.3) is 5.91 Å². The molecule has 0 aromatic heterocycles. The molecule has 0 saturated carbocycles. The van der Waals surface area contributed by atoms with Crippen LogP contribution < -0.4 is 10.5 Å². The van der Waals surface area contributed by atoms with Crippen molar-refractivity contribution in [3.8, 4) is 0 Å². The molecule has 1 amide bonds. The average molecular weight is 308 g/mol. The Balaban J connectivity index is 2.96. The molecule has 0 atom stereocenters. The monoisotopic (exact) mass is 308 g/mol. The number of nitrogens with one attached hydrogen (secondary N) is 1. The van der Waals surface area contributed by atoms with E-state index in [1.165, 1.54) is 6.07 Å². The number of anilines is 2. The van der Waals surface area contributed by atoms with E-state index in [0.717, 1.165) is 6.42 Å². The summed E-state index contributed by atoms with van der Waals surface area (Å²) in [5.41, 5.74) is 0.971. The predicted octanol–water partition coefficient (Wildman–Crippen LogP) is 3.32. The van der Waals surface area contributed by atoms with Crippen molar-refractivity contribution in [2.75, 3.05) is 30.2 Å². The summed E-state index contributed by atoms with van der Waals surface area (Å²) in [5, 5.41) is 23.6. The van der Waals surface area contributed by atoms with Crippen LogP contribution in [0.1, 0.15) is 44.5 Å². The first kappa shape index (κ1) is 18.3. The van der Waals surface area contributed by atoms with Crippen LogP contribution in [-0.2, 0) is 0 Å². The van der Waals surface area contributed by atoms with Gasteiger partial charge in [0.15, 0.2) is 0 Å². The van der Waals surface area contributed by atoms with E-state index in [-0.39, 0.29) is 16.8 Å². The molecule has 0 bridgehead atoms. The Bertz CT molecular complexity index is 486. The van der Waals surface area contributed by atoms with Crippen molar-refractivity contribution in [1.29, 1.82) is 0 Å². The van der Waals surface area contributed by atoms with Gasteiger partial charge in [-0.05, 0) is 44.4 Å². The van der Waals surface area contributed by atoms with E-state index in [1.807, 2.05) is 13.8 Å². The fraction of sp³-hybridized carbons (Fsp3) is 0.562. The Kier molecular flexibility index (Phi) is 7.14. The molecular weight excluding hydrogens is 282 g/mol. The van der Waals surface area contributed by atoms with Crippen LogP contribution in [0.4, 0.5) is 11.4 Å². The molecule has 6 heteroatoms. The molecule has 0 heterocycles. The van der Waals surface area contributed by atoms with Gasteiger partial charge in [0.05, 0.1) is 11.4 Å². The van der Waals surface area contributed by atoms with Gasteiger partial charge in [-0.2, -0.15) is 0 Å². The highest BCUT2D eigenvalue weighted by Crippen LogP contribution is 2.26. The minimum absolute atomic E-state index is 0.0572. The van der Waals surface area contributed by atoms with Gasteiger partial charge < -0.3 is 20.7 Å². The maximum Gasteiger partial charge on any atom is 0.253 e. The Morgan fingerprint density at radius 3 is 2.45 bits per heavy atom. The molecule has 0 spiro atoms. The van der Waals surface area contributed by atoms with Crippen LogP contribution >= 0.6 is 0 Å².